The number of halogens is 1. The van der Waals surface area contributed by atoms with E-state index in [4.69, 9.17) is 4.99 Å². The van der Waals surface area contributed by atoms with Crippen LogP contribution in [0.3, 0.4) is 0 Å². The van der Waals surface area contributed by atoms with Crippen LogP contribution in [0, 0.1) is 0 Å². The van der Waals surface area contributed by atoms with Gasteiger partial charge in [0.25, 0.3) is 0 Å². The third-order valence-electron chi connectivity index (χ3n) is 4.79. The van der Waals surface area contributed by atoms with E-state index < -0.39 is 0 Å². The fourth-order valence-electron chi connectivity index (χ4n) is 3.40. The van der Waals surface area contributed by atoms with E-state index >= 15 is 0 Å². The average Bonchev–Trinajstić information content (AvgIpc) is 3.08. The highest BCUT2D eigenvalue weighted by atomic mass is 127. The van der Waals surface area contributed by atoms with Crippen molar-refractivity contribution in [1.29, 1.82) is 0 Å². The summed E-state index contributed by atoms with van der Waals surface area (Å²) in [6, 6.07) is 11.2. The van der Waals surface area contributed by atoms with Crippen LogP contribution in [-0.4, -0.2) is 68.1 Å². The Morgan fingerprint density at radius 1 is 1.23 bits per heavy atom. The zero-order chi connectivity index (χ0) is 17.9. The zero-order valence-corrected chi connectivity index (χ0v) is 18.9. The third kappa shape index (κ3) is 8.22. The molecular formula is C20H36IN5. The van der Waals surface area contributed by atoms with Gasteiger partial charge in [0.05, 0.1) is 6.54 Å². The van der Waals surface area contributed by atoms with E-state index in [0.717, 1.165) is 45.2 Å². The predicted octanol–water partition coefficient (Wildman–Crippen LogP) is 2.78. The van der Waals surface area contributed by atoms with Gasteiger partial charge in [-0.05, 0) is 45.5 Å². The summed E-state index contributed by atoms with van der Waals surface area (Å²) < 4.78 is 0. The molecule has 1 unspecified atom stereocenters. The van der Waals surface area contributed by atoms with Gasteiger partial charge in [-0.25, -0.2) is 0 Å². The van der Waals surface area contributed by atoms with Crippen molar-refractivity contribution in [2.45, 2.75) is 39.3 Å². The molecule has 5 nitrogen and oxygen atoms in total. The fourth-order valence-corrected chi connectivity index (χ4v) is 3.40. The largest absolute Gasteiger partial charge is 0.357 e. The zero-order valence-electron chi connectivity index (χ0n) is 16.6. The number of likely N-dealkylation sites (N-methyl/N-ethyl adjacent to an activating group) is 2. The quantitative estimate of drug-likeness (QED) is 0.329. The van der Waals surface area contributed by atoms with Crippen LogP contribution in [0.25, 0.3) is 0 Å². The lowest BCUT2D eigenvalue weighted by molar-refractivity contribution is 0.273. The number of guanidine groups is 1. The average molecular weight is 473 g/mol. The number of aliphatic imine (C=N–C) groups is 1. The maximum atomic E-state index is 4.81. The van der Waals surface area contributed by atoms with Gasteiger partial charge in [0.1, 0.15) is 0 Å². The molecule has 0 spiro atoms. The maximum absolute atomic E-state index is 4.81. The summed E-state index contributed by atoms with van der Waals surface area (Å²) in [7, 11) is 2.16. The summed E-state index contributed by atoms with van der Waals surface area (Å²) in [6.07, 6.45) is 2.58. The van der Waals surface area contributed by atoms with Crippen LogP contribution < -0.4 is 10.6 Å². The Kier molecular flexibility index (Phi) is 11.9. The van der Waals surface area contributed by atoms with E-state index in [0.29, 0.717) is 6.04 Å². The second kappa shape index (κ2) is 13.3. The molecule has 0 bridgehead atoms. The summed E-state index contributed by atoms with van der Waals surface area (Å²) >= 11 is 0. The normalized spacial score (nSPS) is 18.0. The first kappa shape index (κ1) is 23.2. The standard InChI is InChI=1S/C20H35N5.HI/c1-4-21-20(23-16-19-12-9-14-25(19)5-2)22-13-15-24(3)17-18-10-7-6-8-11-18;/h6-8,10-11,19H,4-5,9,12-17H2,1-3H3,(H2,21,22,23);1H. The molecule has 0 aromatic heterocycles. The summed E-state index contributed by atoms with van der Waals surface area (Å²) in [5.41, 5.74) is 1.35. The Balaban J connectivity index is 0.00000338. The van der Waals surface area contributed by atoms with Crippen molar-refractivity contribution in [3.05, 3.63) is 35.9 Å². The smallest absolute Gasteiger partial charge is 0.191 e. The Labute approximate surface area is 176 Å². The molecule has 2 N–H and O–H groups in total. The van der Waals surface area contributed by atoms with Crippen molar-refractivity contribution in [2.24, 2.45) is 4.99 Å². The SMILES string of the molecule is CCNC(=NCC1CCCN1CC)NCCN(C)Cc1ccccc1.I. The van der Waals surface area contributed by atoms with Crippen LogP contribution in [0.5, 0.6) is 0 Å². The first-order chi connectivity index (χ1) is 12.2. The molecule has 1 heterocycles. The van der Waals surface area contributed by atoms with Crippen molar-refractivity contribution in [2.75, 3.05) is 46.3 Å². The van der Waals surface area contributed by atoms with Crippen LogP contribution in [0.2, 0.25) is 0 Å². The number of likely N-dealkylation sites (tertiary alicyclic amines) is 1. The van der Waals surface area contributed by atoms with Crippen LogP contribution >= 0.6 is 24.0 Å². The Morgan fingerprint density at radius 2 is 2.00 bits per heavy atom. The molecule has 148 valence electrons. The van der Waals surface area contributed by atoms with Gasteiger partial charge in [0, 0.05) is 32.2 Å². The number of rotatable bonds is 9. The molecule has 1 saturated heterocycles. The van der Waals surface area contributed by atoms with Crippen molar-refractivity contribution in [1.82, 2.24) is 20.4 Å². The molecule has 6 heteroatoms. The molecule has 1 atom stereocenters. The maximum Gasteiger partial charge on any atom is 0.191 e. The molecule has 1 aliphatic rings. The summed E-state index contributed by atoms with van der Waals surface area (Å²) in [6.45, 7) is 11.4. The van der Waals surface area contributed by atoms with E-state index in [1.165, 1.54) is 24.9 Å². The number of nitrogens with zero attached hydrogens (tertiary/aromatic N) is 3. The summed E-state index contributed by atoms with van der Waals surface area (Å²) in [5.74, 6) is 0.943. The van der Waals surface area contributed by atoms with Crippen LogP contribution in [0.1, 0.15) is 32.3 Å². The van der Waals surface area contributed by atoms with Gasteiger partial charge in [-0.15, -0.1) is 24.0 Å². The lowest BCUT2D eigenvalue weighted by atomic mass is 10.2. The van der Waals surface area contributed by atoms with E-state index in [2.05, 4.69) is 71.7 Å². The molecular weight excluding hydrogens is 437 g/mol. The van der Waals surface area contributed by atoms with Gasteiger partial charge in [0.15, 0.2) is 5.96 Å². The summed E-state index contributed by atoms with van der Waals surface area (Å²) in [5, 5.41) is 6.84. The van der Waals surface area contributed by atoms with Gasteiger partial charge in [-0.1, -0.05) is 37.3 Å². The van der Waals surface area contributed by atoms with Crippen LogP contribution in [0.4, 0.5) is 0 Å². The number of nitrogens with one attached hydrogen (secondary N) is 2. The number of benzene rings is 1. The lowest BCUT2D eigenvalue weighted by Crippen LogP contribution is -2.42. The molecule has 1 fully saturated rings. The van der Waals surface area contributed by atoms with Gasteiger partial charge < -0.3 is 15.5 Å². The minimum Gasteiger partial charge on any atom is -0.357 e. The number of hydrogen-bond acceptors (Lipinski definition) is 3. The third-order valence-corrected chi connectivity index (χ3v) is 4.79. The first-order valence-corrected chi connectivity index (χ1v) is 9.71. The second-order valence-corrected chi connectivity index (χ2v) is 6.79. The highest BCUT2D eigenvalue weighted by molar-refractivity contribution is 14.0. The molecule has 1 aromatic carbocycles. The highest BCUT2D eigenvalue weighted by Crippen LogP contribution is 2.16. The molecule has 1 aromatic rings. The Hall–Kier alpha value is -0.860. The van der Waals surface area contributed by atoms with Gasteiger partial charge in [-0.3, -0.25) is 9.89 Å². The van der Waals surface area contributed by atoms with Crippen molar-refractivity contribution in [3.63, 3.8) is 0 Å². The molecule has 2 rings (SSSR count). The molecule has 26 heavy (non-hydrogen) atoms. The molecule has 0 radical (unpaired) electrons. The fraction of sp³-hybridized carbons (Fsp3) is 0.650. The highest BCUT2D eigenvalue weighted by Gasteiger charge is 2.22. The molecule has 0 amide bonds. The van der Waals surface area contributed by atoms with E-state index in [9.17, 15) is 0 Å². The van der Waals surface area contributed by atoms with Crippen LogP contribution in [0.15, 0.2) is 35.3 Å². The van der Waals surface area contributed by atoms with Gasteiger partial charge >= 0.3 is 0 Å². The second-order valence-electron chi connectivity index (χ2n) is 6.79. The Bertz CT molecular complexity index is 508. The monoisotopic (exact) mass is 473 g/mol. The first-order valence-electron chi connectivity index (χ1n) is 9.71. The minimum atomic E-state index is 0. The minimum absolute atomic E-state index is 0. The summed E-state index contributed by atoms with van der Waals surface area (Å²) in [4.78, 5) is 9.69. The van der Waals surface area contributed by atoms with Gasteiger partial charge in [0.2, 0.25) is 0 Å². The Morgan fingerprint density at radius 3 is 2.69 bits per heavy atom. The van der Waals surface area contributed by atoms with Crippen LogP contribution in [-0.2, 0) is 6.54 Å². The molecule has 0 saturated carbocycles. The van der Waals surface area contributed by atoms with Crippen molar-refractivity contribution >= 4 is 29.9 Å². The number of hydrogen-bond donors (Lipinski definition) is 2. The molecule has 1 aliphatic heterocycles. The lowest BCUT2D eigenvalue weighted by Gasteiger charge is -2.22. The van der Waals surface area contributed by atoms with Crippen molar-refractivity contribution in [3.8, 4) is 0 Å². The van der Waals surface area contributed by atoms with Gasteiger partial charge in [-0.2, -0.15) is 0 Å². The van der Waals surface area contributed by atoms with E-state index in [-0.39, 0.29) is 24.0 Å². The van der Waals surface area contributed by atoms with E-state index in [1.807, 2.05) is 0 Å². The topological polar surface area (TPSA) is 42.9 Å². The molecule has 0 aliphatic carbocycles. The van der Waals surface area contributed by atoms with Crippen molar-refractivity contribution < 1.29 is 0 Å². The van der Waals surface area contributed by atoms with E-state index in [1.54, 1.807) is 0 Å². The predicted molar refractivity (Wildman–Crippen MR) is 122 cm³/mol.